The van der Waals surface area contributed by atoms with Gasteiger partial charge in [0.1, 0.15) is 0 Å². The van der Waals surface area contributed by atoms with Crippen LogP contribution in [0.25, 0.3) is 89.0 Å². The van der Waals surface area contributed by atoms with Gasteiger partial charge in [-0.25, -0.2) is 0 Å². The lowest BCUT2D eigenvalue weighted by molar-refractivity contribution is 1.26. The second-order valence-electron chi connectivity index (χ2n) is 16.7. The van der Waals surface area contributed by atoms with Crippen molar-refractivity contribution < 1.29 is 0 Å². The molecule has 0 N–H and O–H groups in total. The Bertz CT molecular complexity index is 3070. The Morgan fingerprint density at radius 3 is 0.937 bits per heavy atom. The van der Waals surface area contributed by atoms with Gasteiger partial charge in [0.15, 0.2) is 0 Å². The number of rotatable bonds is 8. The normalized spacial score (nSPS) is 12.1. The molecule has 0 amide bonds. The van der Waals surface area contributed by atoms with Crippen molar-refractivity contribution in [3.8, 4) is 89.0 Å². The van der Waals surface area contributed by atoms with E-state index in [1.54, 1.807) is 0 Å². The number of benzene rings is 10. The molecule has 0 radical (unpaired) electrons. The van der Waals surface area contributed by atoms with Gasteiger partial charge in [-0.1, -0.05) is 206 Å². The summed E-state index contributed by atoms with van der Waals surface area (Å²) in [7, 11) is 0. The van der Waals surface area contributed by atoms with Crippen LogP contribution in [0.2, 0.25) is 0 Å². The fourth-order valence-electron chi connectivity index (χ4n) is 10.2. The van der Waals surface area contributed by atoms with Crippen molar-refractivity contribution in [3.63, 3.8) is 0 Å². The zero-order valence-corrected chi connectivity index (χ0v) is 35.6. The van der Waals surface area contributed by atoms with Gasteiger partial charge in [0.05, 0.1) is 0 Å². The highest BCUT2D eigenvalue weighted by molar-refractivity contribution is 7.99. The average molecular weight is 819 g/mol. The van der Waals surface area contributed by atoms with Crippen LogP contribution < -0.4 is 0 Å². The summed E-state index contributed by atoms with van der Waals surface area (Å²) in [6, 6.07) is 85.2. The molecule has 0 unspecified atom stereocenters. The van der Waals surface area contributed by atoms with Gasteiger partial charge in [-0.3, -0.25) is 0 Å². The first-order chi connectivity index (χ1) is 31.2. The molecule has 10 aromatic carbocycles. The van der Waals surface area contributed by atoms with E-state index >= 15 is 0 Å². The molecule has 0 saturated carbocycles. The second-order valence-corrected chi connectivity index (χ2v) is 17.8. The van der Waals surface area contributed by atoms with Crippen molar-refractivity contribution in [2.24, 2.45) is 0 Å². The summed E-state index contributed by atoms with van der Waals surface area (Å²) in [5.41, 5.74) is 26.2. The summed E-state index contributed by atoms with van der Waals surface area (Å²) in [6.45, 7) is 0. The van der Waals surface area contributed by atoms with Crippen LogP contribution >= 0.6 is 11.8 Å². The standard InChI is InChI=1S/C62H42S/c1-5-17-41(18-6-1)53-39-55-51-27-15-13-25-47(51)37-57(55)61(59(53)43-21-9-3-10-22-43)45-29-33-49(34-30-45)63-50-35-31-46(32-36-50)62-58-38-48-26-14-16-28-52(48)56(58)40-54(42-19-7-2-8-20-42)60(62)44-23-11-4-12-24-44/h1-36,39-40H,37-38H2. The van der Waals surface area contributed by atoms with E-state index in [2.05, 4.69) is 231 Å². The Kier molecular flexibility index (Phi) is 9.35. The maximum absolute atomic E-state index is 2.45. The van der Waals surface area contributed by atoms with Gasteiger partial charge in [0.25, 0.3) is 0 Å². The summed E-state index contributed by atoms with van der Waals surface area (Å²) < 4.78 is 0. The van der Waals surface area contributed by atoms with Crippen molar-refractivity contribution in [2.75, 3.05) is 0 Å². The summed E-state index contributed by atoms with van der Waals surface area (Å²) in [6.07, 6.45) is 1.85. The van der Waals surface area contributed by atoms with Gasteiger partial charge in [-0.15, -0.1) is 0 Å². The minimum atomic E-state index is 0.925. The fourth-order valence-corrected chi connectivity index (χ4v) is 11.0. The van der Waals surface area contributed by atoms with Crippen LogP contribution in [0.4, 0.5) is 0 Å². The summed E-state index contributed by atoms with van der Waals surface area (Å²) in [4.78, 5) is 2.44. The highest BCUT2D eigenvalue weighted by Crippen LogP contribution is 2.52. The third kappa shape index (κ3) is 6.65. The van der Waals surface area contributed by atoms with E-state index in [0.717, 1.165) is 12.8 Å². The van der Waals surface area contributed by atoms with Crippen molar-refractivity contribution in [3.05, 3.63) is 253 Å². The minimum Gasteiger partial charge on any atom is -0.0901 e. The number of hydrogen-bond donors (Lipinski definition) is 0. The van der Waals surface area contributed by atoms with Crippen molar-refractivity contribution in [1.29, 1.82) is 0 Å². The summed E-state index contributed by atoms with van der Waals surface area (Å²) in [5, 5.41) is 0. The van der Waals surface area contributed by atoms with Crippen molar-refractivity contribution in [1.82, 2.24) is 0 Å². The van der Waals surface area contributed by atoms with Crippen LogP contribution in [-0.4, -0.2) is 0 Å². The molecule has 0 spiro atoms. The quantitative estimate of drug-likeness (QED) is 0.147. The van der Waals surface area contributed by atoms with E-state index in [1.807, 2.05) is 11.8 Å². The maximum Gasteiger partial charge on any atom is 0.0122 e. The van der Waals surface area contributed by atoms with E-state index in [0.29, 0.717) is 0 Å². The average Bonchev–Trinajstić information content (AvgIpc) is 3.93. The number of fused-ring (bicyclic) bond motifs is 6. The molecule has 0 aliphatic heterocycles. The lowest BCUT2D eigenvalue weighted by atomic mass is 9.82. The molecule has 10 aromatic rings. The van der Waals surface area contributed by atoms with Crippen LogP contribution in [0, 0.1) is 0 Å². The Morgan fingerprint density at radius 1 is 0.238 bits per heavy atom. The van der Waals surface area contributed by atoms with Crippen LogP contribution in [-0.2, 0) is 12.8 Å². The molecule has 0 atom stereocenters. The molecule has 63 heavy (non-hydrogen) atoms. The largest absolute Gasteiger partial charge is 0.0901 e. The molecule has 0 bridgehead atoms. The zero-order chi connectivity index (χ0) is 41.7. The van der Waals surface area contributed by atoms with E-state index in [4.69, 9.17) is 0 Å². The van der Waals surface area contributed by atoms with Gasteiger partial charge < -0.3 is 0 Å². The van der Waals surface area contributed by atoms with Crippen molar-refractivity contribution in [2.45, 2.75) is 22.6 Å². The lowest BCUT2D eigenvalue weighted by Crippen LogP contribution is -1.97. The molecule has 0 saturated heterocycles. The van der Waals surface area contributed by atoms with Crippen LogP contribution in [0.1, 0.15) is 22.3 Å². The van der Waals surface area contributed by atoms with E-state index in [9.17, 15) is 0 Å². The van der Waals surface area contributed by atoms with Crippen LogP contribution in [0.3, 0.4) is 0 Å². The zero-order valence-electron chi connectivity index (χ0n) is 34.8. The summed E-state index contributed by atoms with van der Waals surface area (Å²) in [5.74, 6) is 0. The van der Waals surface area contributed by atoms with E-state index in [-0.39, 0.29) is 0 Å². The first-order valence-corrected chi connectivity index (χ1v) is 22.7. The van der Waals surface area contributed by atoms with Crippen molar-refractivity contribution >= 4 is 11.8 Å². The molecular formula is C62H42S. The Morgan fingerprint density at radius 2 is 0.556 bits per heavy atom. The molecule has 1 heteroatoms. The smallest absolute Gasteiger partial charge is 0.0122 e. The third-order valence-corrected chi connectivity index (χ3v) is 14.1. The highest BCUT2D eigenvalue weighted by atomic mass is 32.2. The third-order valence-electron chi connectivity index (χ3n) is 13.0. The Balaban J connectivity index is 0.942. The van der Waals surface area contributed by atoms with Crippen LogP contribution in [0.15, 0.2) is 240 Å². The van der Waals surface area contributed by atoms with Gasteiger partial charge in [-0.05, 0) is 161 Å². The monoisotopic (exact) mass is 818 g/mol. The Labute approximate surface area is 374 Å². The summed E-state index contributed by atoms with van der Waals surface area (Å²) >= 11 is 1.83. The molecule has 0 aromatic heterocycles. The molecule has 2 aliphatic rings. The van der Waals surface area contributed by atoms with Crippen LogP contribution in [0.5, 0.6) is 0 Å². The van der Waals surface area contributed by atoms with Gasteiger partial charge in [-0.2, -0.15) is 0 Å². The van der Waals surface area contributed by atoms with E-state index < -0.39 is 0 Å². The first-order valence-electron chi connectivity index (χ1n) is 21.9. The first kappa shape index (κ1) is 37.3. The number of hydrogen-bond acceptors (Lipinski definition) is 1. The predicted molar refractivity (Wildman–Crippen MR) is 266 cm³/mol. The lowest BCUT2D eigenvalue weighted by Gasteiger charge is -2.21. The SMILES string of the molecule is c1ccc(-c2cc3c(c(-c4ccc(Sc5ccc(-c6c7c(cc(-c8ccccc8)c6-c6ccccc6)-c6ccccc6C7)cc5)cc4)c2-c2ccccc2)Cc2ccccc2-3)cc1. The Hall–Kier alpha value is -7.45. The van der Waals surface area contributed by atoms with Gasteiger partial charge >= 0.3 is 0 Å². The maximum atomic E-state index is 2.45. The topological polar surface area (TPSA) is 0 Å². The predicted octanol–water partition coefficient (Wildman–Crippen LogP) is 17.0. The molecule has 12 rings (SSSR count). The van der Waals surface area contributed by atoms with E-state index in [1.165, 1.54) is 121 Å². The fraction of sp³-hybridized carbons (Fsp3) is 0.0323. The highest BCUT2D eigenvalue weighted by Gasteiger charge is 2.29. The second kappa shape index (κ2) is 15.8. The molecule has 0 nitrogen and oxygen atoms in total. The molecule has 0 heterocycles. The molecular weight excluding hydrogens is 777 g/mol. The molecule has 2 aliphatic carbocycles. The molecule has 296 valence electrons. The molecule has 0 fully saturated rings. The van der Waals surface area contributed by atoms with Gasteiger partial charge in [0.2, 0.25) is 0 Å². The minimum absolute atomic E-state index is 0.925. The van der Waals surface area contributed by atoms with Gasteiger partial charge in [0, 0.05) is 9.79 Å².